The fraction of sp³-hybridized carbons (Fsp3) is 1.00. The number of aliphatic hydroxyl groups is 1. The van der Waals surface area contributed by atoms with Gasteiger partial charge in [0, 0.05) is 31.5 Å². The van der Waals surface area contributed by atoms with Gasteiger partial charge < -0.3 is 5.11 Å². The highest BCUT2D eigenvalue weighted by Crippen LogP contribution is 2.18. The molecule has 1 aliphatic heterocycles. The lowest BCUT2D eigenvalue weighted by Gasteiger charge is -2.31. The van der Waals surface area contributed by atoms with E-state index in [9.17, 15) is 8.42 Å². The van der Waals surface area contributed by atoms with E-state index in [1.54, 1.807) is 11.8 Å². The number of thioether (sulfide) groups is 1. The Morgan fingerprint density at radius 2 is 2.06 bits per heavy atom. The molecular weight excluding hydrogens is 260 g/mol. The van der Waals surface area contributed by atoms with Crippen molar-refractivity contribution < 1.29 is 13.5 Å². The van der Waals surface area contributed by atoms with E-state index in [1.807, 2.05) is 13.2 Å². The molecule has 1 aliphatic rings. The van der Waals surface area contributed by atoms with Gasteiger partial charge in [0.05, 0.1) is 0 Å². The van der Waals surface area contributed by atoms with Crippen LogP contribution in [0.5, 0.6) is 0 Å². The van der Waals surface area contributed by atoms with Crippen molar-refractivity contribution in [3.05, 3.63) is 0 Å². The average molecular weight is 282 g/mol. The topological polar surface area (TPSA) is 69.6 Å². The van der Waals surface area contributed by atoms with Gasteiger partial charge in [0.25, 0.3) is 10.2 Å². The van der Waals surface area contributed by atoms with Crippen molar-refractivity contribution in [3.63, 3.8) is 0 Å². The van der Waals surface area contributed by atoms with Crippen LogP contribution in [0.2, 0.25) is 0 Å². The van der Waals surface area contributed by atoms with Crippen LogP contribution in [-0.2, 0) is 10.2 Å². The second-order valence-electron chi connectivity index (χ2n) is 4.50. The molecule has 0 aromatic carbocycles. The highest BCUT2D eigenvalue weighted by Gasteiger charge is 2.28. The van der Waals surface area contributed by atoms with Crippen molar-refractivity contribution in [2.24, 2.45) is 5.92 Å². The number of hydrogen-bond acceptors (Lipinski definition) is 4. The number of aliphatic hydroxyl groups excluding tert-OH is 1. The van der Waals surface area contributed by atoms with E-state index in [1.165, 1.54) is 4.31 Å². The zero-order valence-corrected chi connectivity index (χ0v) is 12.1. The molecule has 1 atom stereocenters. The van der Waals surface area contributed by atoms with Gasteiger partial charge in [-0.15, -0.1) is 0 Å². The lowest BCUT2D eigenvalue weighted by Crippen LogP contribution is -2.48. The SMILES string of the molecule is CSCC(C)NS(=O)(=O)N1CCC(CO)CC1. The molecule has 7 heteroatoms. The van der Waals surface area contributed by atoms with Crippen molar-refractivity contribution >= 4 is 22.0 Å². The molecule has 0 aliphatic carbocycles. The van der Waals surface area contributed by atoms with Crippen molar-refractivity contribution in [3.8, 4) is 0 Å². The molecule has 1 rings (SSSR count). The van der Waals surface area contributed by atoms with Crippen molar-refractivity contribution in [2.45, 2.75) is 25.8 Å². The molecule has 0 aromatic heterocycles. The molecule has 1 fully saturated rings. The van der Waals surface area contributed by atoms with Crippen LogP contribution in [0.1, 0.15) is 19.8 Å². The van der Waals surface area contributed by atoms with Gasteiger partial charge in [-0.05, 0) is 31.9 Å². The molecule has 17 heavy (non-hydrogen) atoms. The Bertz CT molecular complexity index is 314. The summed E-state index contributed by atoms with van der Waals surface area (Å²) >= 11 is 1.62. The average Bonchev–Trinajstić information content (AvgIpc) is 2.28. The number of rotatable bonds is 6. The number of nitrogens with one attached hydrogen (secondary N) is 1. The molecule has 0 aromatic rings. The predicted octanol–water partition coefficient (Wildman–Crippen LogP) is 0.277. The summed E-state index contributed by atoms with van der Waals surface area (Å²) in [6.07, 6.45) is 3.44. The second kappa shape index (κ2) is 6.94. The molecule has 1 saturated heterocycles. The first kappa shape index (κ1) is 15.2. The molecule has 5 nitrogen and oxygen atoms in total. The number of hydrogen-bond donors (Lipinski definition) is 2. The first-order chi connectivity index (χ1) is 7.99. The van der Waals surface area contributed by atoms with E-state index in [2.05, 4.69) is 4.72 Å². The highest BCUT2D eigenvalue weighted by atomic mass is 32.2. The molecule has 0 saturated carbocycles. The van der Waals surface area contributed by atoms with Crippen molar-refractivity contribution in [1.82, 2.24) is 9.03 Å². The minimum atomic E-state index is -3.35. The largest absolute Gasteiger partial charge is 0.396 e. The summed E-state index contributed by atoms with van der Waals surface area (Å²) in [6, 6.07) is -0.0504. The van der Waals surface area contributed by atoms with Gasteiger partial charge in [-0.2, -0.15) is 29.2 Å². The molecule has 0 radical (unpaired) electrons. The van der Waals surface area contributed by atoms with E-state index >= 15 is 0 Å². The van der Waals surface area contributed by atoms with Crippen LogP contribution in [0.15, 0.2) is 0 Å². The Hall–Kier alpha value is 0.180. The summed E-state index contributed by atoms with van der Waals surface area (Å²) in [5.74, 6) is 1.02. The Morgan fingerprint density at radius 3 is 2.53 bits per heavy atom. The minimum absolute atomic E-state index is 0.0504. The summed E-state index contributed by atoms with van der Waals surface area (Å²) in [5.41, 5.74) is 0. The molecule has 0 spiro atoms. The Labute approximate surface area is 108 Å². The third-order valence-electron chi connectivity index (χ3n) is 2.94. The monoisotopic (exact) mass is 282 g/mol. The van der Waals surface area contributed by atoms with Gasteiger partial charge in [-0.25, -0.2) is 0 Å². The summed E-state index contributed by atoms with van der Waals surface area (Å²) in [5, 5.41) is 9.01. The minimum Gasteiger partial charge on any atom is -0.396 e. The smallest absolute Gasteiger partial charge is 0.279 e. The van der Waals surface area contributed by atoms with Gasteiger partial charge in [0.1, 0.15) is 0 Å². The van der Waals surface area contributed by atoms with E-state index in [4.69, 9.17) is 5.11 Å². The molecule has 1 unspecified atom stereocenters. The molecule has 2 N–H and O–H groups in total. The molecule has 0 amide bonds. The normalized spacial score (nSPS) is 21.6. The van der Waals surface area contributed by atoms with Crippen LogP contribution in [0.25, 0.3) is 0 Å². The quantitative estimate of drug-likeness (QED) is 0.734. The number of piperidine rings is 1. The first-order valence-electron chi connectivity index (χ1n) is 5.86. The van der Waals surface area contributed by atoms with Crippen LogP contribution in [-0.4, -0.2) is 55.6 Å². The molecular formula is C10H22N2O3S2. The fourth-order valence-electron chi connectivity index (χ4n) is 1.95. The summed E-state index contributed by atoms with van der Waals surface area (Å²) in [7, 11) is -3.35. The van der Waals surface area contributed by atoms with Gasteiger partial charge in [-0.1, -0.05) is 0 Å². The van der Waals surface area contributed by atoms with E-state index < -0.39 is 10.2 Å². The lowest BCUT2D eigenvalue weighted by molar-refractivity contribution is 0.169. The van der Waals surface area contributed by atoms with Crippen LogP contribution in [0.4, 0.5) is 0 Å². The number of nitrogens with zero attached hydrogens (tertiary/aromatic N) is 1. The first-order valence-corrected chi connectivity index (χ1v) is 8.70. The Kier molecular flexibility index (Phi) is 6.22. The summed E-state index contributed by atoms with van der Waals surface area (Å²) in [4.78, 5) is 0. The third kappa shape index (κ3) is 4.75. The highest BCUT2D eigenvalue weighted by molar-refractivity contribution is 7.98. The molecule has 0 bridgehead atoms. The fourth-order valence-corrected chi connectivity index (χ4v) is 4.07. The van der Waals surface area contributed by atoms with Gasteiger partial charge in [-0.3, -0.25) is 0 Å². The van der Waals surface area contributed by atoms with Crippen LogP contribution in [0, 0.1) is 5.92 Å². The van der Waals surface area contributed by atoms with E-state index in [0.717, 1.165) is 18.6 Å². The molecule has 102 valence electrons. The molecule has 1 heterocycles. The summed E-state index contributed by atoms with van der Waals surface area (Å²) < 4.78 is 28.2. The second-order valence-corrected chi connectivity index (χ2v) is 7.12. The standard InChI is InChI=1S/C10H22N2O3S2/c1-9(8-16-2)11-17(14,15)12-5-3-10(7-13)4-6-12/h9-11,13H,3-8H2,1-2H3. The predicted molar refractivity (Wildman–Crippen MR) is 71.3 cm³/mol. The van der Waals surface area contributed by atoms with Crippen LogP contribution < -0.4 is 4.72 Å². The van der Waals surface area contributed by atoms with Gasteiger partial charge >= 0.3 is 0 Å². The van der Waals surface area contributed by atoms with Gasteiger partial charge in [0.15, 0.2) is 0 Å². The lowest BCUT2D eigenvalue weighted by atomic mass is 10.00. The Morgan fingerprint density at radius 1 is 1.47 bits per heavy atom. The Balaban J connectivity index is 2.48. The summed E-state index contributed by atoms with van der Waals surface area (Å²) in [6.45, 7) is 3.04. The van der Waals surface area contributed by atoms with Crippen LogP contribution in [0.3, 0.4) is 0 Å². The van der Waals surface area contributed by atoms with Gasteiger partial charge in [0.2, 0.25) is 0 Å². The van der Waals surface area contributed by atoms with Crippen LogP contribution >= 0.6 is 11.8 Å². The maximum Gasteiger partial charge on any atom is 0.279 e. The van der Waals surface area contributed by atoms with E-state index in [-0.39, 0.29) is 18.6 Å². The zero-order chi connectivity index (χ0) is 12.9. The zero-order valence-electron chi connectivity index (χ0n) is 10.4. The maximum absolute atomic E-state index is 12.0. The van der Waals surface area contributed by atoms with E-state index in [0.29, 0.717) is 13.1 Å². The van der Waals surface area contributed by atoms with Crippen molar-refractivity contribution in [2.75, 3.05) is 31.7 Å². The third-order valence-corrected chi connectivity index (χ3v) is 5.52. The maximum atomic E-state index is 12.0. The van der Waals surface area contributed by atoms with Crippen molar-refractivity contribution in [1.29, 1.82) is 0 Å².